The third-order valence-corrected chi connectivity index (χ3v) is 4.26. The van der Waals surface area contributed by atoms with Gasteiger partial charge in [-0.05, 0) is 42.9 Å². The molecule has 2 atom stereocenters. The Labute approximate surface area is 75.7 Å². The molecule has 0 bridgehead atoms. The fraction of sp³-hybridized carbons (Fsp3) is 1.00. The van der Waals surface area contributed by atoms with Crippen molar-refractivity contribution in [2.45, 2.75) is 51.4 Å². The number of hydrogen-bond donors (Lipinski definition) is 0. The van der Waals surface area contributed by atoms with Gasteiger partial charge in [-0.3, -0.25) is 0 Å². The molecular formula is C12H20. The van der Waals surface area contributed by atoms with Gasteiger partial charge >= 0.3 is 0 Å². The number of hydrogen-bond acceptors (Lipinski definition) is 0. The summed E-state index contributed by atoms with van der Waals surface area (Å²) >= 11 is 0. The molecule has 0 aromatic rings. The maximum Gasteiger partial charge on any atom is -0.0380 e. The van der Waals surface area contributed by atoms with E-state index in [1.54, 1.807) is 44.9 Å². The van der Waals surface area contributed by atoms with E-state index in [9.17, 15) is 0 Å². The van der Waals surface area contributed by atoms with E-state index in [-0.39, 0.29) is 0 Å². The van der Waals surface area contributed by atoms with Crippen molar-refractivity contribution in [1.29, 1.82) is 0 Å². The Hall–Kier alpha value is 0. The van der Waals surface area contributed by atoms with Gasteiger partial charge in [-0.1, -0.05) is 32.1 Å². The molecule has 0 heteroatoms. The van der Waals surface area contributed by atoms with Crippen molar-refractivity contribution in [3.63, 3.8) is 0 Å². The van der Waals surface area contributed by atoms with Crippen molar-refractivity contribution < 1.29 is 0 Å². The Kier molecular flexibility index (Phi) is 1.70. The highest BCUT2D eigenvalue weighted by atomic mass is 14.5. The maximum atomic E-state index is 1.61. The summed E-state index contributed by atoms with van der Waals surface area (Å²) in [4.78, 5) is 0. The lowest BCUT2D eigenvalue weighted by molar-refractivity contribution is 0.276. The van der Waals surface area contributed by atoms with E-state index in [0.717, 1.165) is 0 Å². The van der Waals surface area contributed by atoms with Crippen molar-refractivity contribution in [2.24, 2.45) is 23.7 Å². The second-order valence-corrected chi connectivity index (χ2v) is 5.47. The van der Waals surface area contributed by atoms with E-state index < -0.39 is 0 Å². The molecule has 3 fully saturated rings. The number of rotatable bonds is 4. The summed E-state index contributed by atoms with van der Waals surface area (Å²) < 4.78 is 0. The summed E-state index contributed by atoms with van der Waals surface area (Å²) in [5.41, 5.74) is 0. The molecule has 3 saturated carbocycles. The minimum Gasteiger partial charge on any atom is -0.0528 e. The molecule has 0 aromatic carbocycles. The van der Waals surface area contributed by atoms with Gasteiger partial charge in [-0.25, -0.2) is 0 Å². The highest BCUT2D eigenvalue weighted by Gasteiger charge is 2.41. The third-order valence-electron chi connectivity index (χ3n) is 4.26. The summed E-state index contributed by atoms with van der Waals surface area (Å²) in [5, 5.41) is 0. The van der Waals surface area contributed by atoms with Gasteiger partial charge in [0.15, 0.2) is 0 Å². The molecule has 0 spiro atoms. The van der Waals surface area contributed by atoms with E-state index in [1.807, 2.05) is 0 Å². The molecule has 0 nitrogen and oxygen atoms in total. The molecule has 2 unspecified atom stereocenters. The summed E-state index contributed by atoms with van der Waals surface area (Å²) in [5.74, 6) is 4.73. The van der Waals surface area contributed by atoms with Crippen molar-refractivity contribution in [3.8, 4) is 0 Å². The van der Waals surface area contributed by atoms with Crippen LogP contribution in [0.4, 0.5) is 0 Å². The van der Waals surface area contributed by atoms with Crippen molar-refractivity contribution in [1.82, 2.24) is 0 Å². The first-order valence-electron chi connectivity index (χ1n) is 5.92. The molecule has 0 N–H and O–H groups in total. The zero-order valence-corrected chi connectivity index (χ0v) is 7.97. The quantitative estimate of drug-likeness (QED) is 0.595. The first kappa shape index (κ1) is 7.41. The Bertz CT molecular complexity index is 165. The van der Waals surface area contributed by atoms with Crippen molar-refractivity contribution in [2.75, 3.05) is 0 Å². The Balaban J connectivity index is 1.36. The fourth-order valence-corrected chi connectivity index (χ4v) is 2.83. The molecule has 3 rings (SSSR count). The van der Waals surface area contributed by atoms with Crippen LogP contribution in [0.15, 0.2) is 0 Å². The molecule has 3 aliphatic carbocycles. The van der Waals surface area contributed by atoms with E-state index in [0.29, 0.717) is 0 Å². The van der Waals surface area contributed by atoms with Gasteiger partial charge in [0.05, 0.1) is 0 Å². The van der Waals surface area contributed by atoms with Crippen LogP contribution in [-0.4, -0.2) is 0 Å². The lowest BCUT2D eigenvalue weighted by Crippen LogP contribution is -2.11. The molecule has 0 aliphatic heterocycles. The van der Waals surface area contributed by atoms with E-state index in [1.165, 1.54) is 30.1 Å². The highest BCUT2D eigenvalue weighted by molar-refractivity contribution is 4.92. The predicted molar refractivity (Wildman–Crippen MR) is 50.9 cm³/mol. The van der Waals surface area contributed by atoms with E-state index in [2.05, 4.69) is 0 Å². The first-order valence-corrected chi connectivity index (χ1v) is 5.92. The minimum atomic E-state index is 1.17. The van der Waals surface area contributed by atoms with Gasteiger partial charge in [-0.2, -0.15) is 0 Å². The van der Waals surface area contributed by atoms with Crippen LogP contribution < -0.4 is 0 Å². The van der Waals surface area contributed by atoms with Crippen LogP contribution in [-0.2, 0) is 0 Å². The lowest BCUT2D eigenvalue weighted by Gasteiger charge is -2.25. The van der Waals surface area contributed by atoms with Crippen LogP contribution in [0.1, 0.15) is 51.4 Å². The van der Waals surface area contributed by atoms with Gasteiger partial charge in [0.25, 0.3) is 0 Å². The van der Waals surface area contributed by atoms with Gasteiger partial charge in [0.1, 0.15) is 0 Å². The predicted octanol–water partition coefficient (Wildman–Crippen LogP) is 3.61. The van der Waals surface area contributed by atoms with Crippen molar-refractivity contribution in [3.05, 3.63) is 0 Å². The van der Waals surface area contributed by atoms with Gasteiger partial charge < -0.3 is 0 Å². The molecule has 12 heavy (non-hydrogen) atoms. The summed E-state index contributed by atoms with van der Waals surface area (Å²) in [6.07, 6.45) is 12.6. The van der Waals surface area contributed by atoms with Gasteiger partial charge in [-0.15, -0.1) is 0 Å². The van der Waals surface area contributed by atoms with Crippen LogP contribution >= 0.6 is 0 Å². The van der Waals surface area contributed by atoms with Crippen LogP contribution in [0.5, 0.6) is 0 Å². The van der Waals surface area contributed by atoms with Crippen molar-refractivity contribution >= 4 is 0 Å². The van der Waals surface area contributed by atoms with Gasteiger partial charge in [0, 0.05) is 0 Å². The van der Waals surface area contributed by atoms with E-state index in [4.69, 9.17) is 0 Å². The summed E-state index contributed by atoms with van der Waals surface area (Å²) in [6.45, 7) is 0. The zero-order valence-electron chi connectivity index (χ0n) is 7.97. The van der Waals surface area contributed by atoms with Crippen LogP contribution in [0.3, 0.4) is 0 Å². The smallest absolute Gasteiger partial charge is 0.0380 e. The second kappa shape index (κ2) is 2.75. The third kappa shape index (κ3) is 1.53. The maximum absolute atomic E-state index is 1.61. The molecule has 68 valence electrons. The topological polar surface area (TPSA) is 0 Å². The molecule has 0 amide bonds. The summed E-state index contributed by atoms with van der Waals surface area (Å²) in [6, 6.07) is 0. The van der Waals surface area contributed by atoms with Crippen LogP contribution in [0.25, 0.3) is 0 Å². The highest BCUT2D eigenvalue weighted by Crippen LogP contribution is 2.52. The largest absolute Gasteiger partial charge is 0.0528 e. The average Bonchev–Trinajstić information content (AvgIpc) is 2.81. The second-order valence-electron chi connectivity index (χ2n) is 5.47. The SMILES string of the molecule is C1CC(CC2CC2CC2CC2)C1. The molecule has 3 aliphatic rings. The standard InChI is InChI=1S/C12H20/c1-2-9(3-1)6-11-8-12(11)7-10-4-5-10/h9-12H,1-8H2. The molecule has 0 radical (unpaired) electrons. The normalized spacial score (nSPS) is 41.0. The van der Waals surface area contributed by atoms with Crippen LogP contribution in [0.2, 0.25) is 0 Å². The first-order chi connectivity index (χ1) is 5.92. The van der Waals surface area contributed by atoms with Crippen LogP contribution in [0, 0.1) is 23.7 Å². The molecule has 0 aromatic heterocycles. The Morgan fingerprint density at radius 1 is 0.750 bits per heavy atom. The molecule has 0 saturated heterocycles. The average molecular weight is 164 g/mol. The zero-order chi connectivity index (χ0) is 7.97. The van der Waals surface area contributed by atoms with E-state index >= 15 is 0 Å². The Morgan fingerprint density at radius 2 is 1.33 bits per heavy atom. The Morgan fingerprint density at radius 3 is 1.75 bits per heavy atom. The summed E-state index contributed by atoms with van der Waals surface area (Å²) in [7, 11) is 0. The monoisotopic (exact) mass is 164 g/mol. The lowest BCUT2D eigenvalue weighted by atomic mass is 9.81. The van der Waals surface area contributed by atoms with Gasteiger partial charge in [0.2, 0.25) is 0 Å². The fourth-order valence-electron chi connectivity index (χ4n) is 2.83. The molecular weight excluding hydrogens is 144 g/mol. The molecule has 0 heterocycles. The minimum absolute atomic E-state index is 1.17.